The summed E-state index contributed by atoms with van der Waals surface area (Å²) in [6, 6.07) is 13.5. The number of nitrogens with one attached hydrogen (secondary N) is 2. The molecule has 0 saturated carbocycles. The zero-order chi connectivity index (χ0) is 22.5. The molecule has 0 unspecified atom stereocenters. The van der Waals surface area contributed by atoms with E-state index in [9.17, 15) is 14.4 Å². The van der Waals surface area contributed by atoms with Crippen LogP contribution in [0, 0.1) is 0 Å². The zero-order valence-corrected chi connectivity index (χ0v) is 17.4. The van der Waals surface area contributed by atoms with E-state index in [1.165, 1.54) is 6.21 Å². The number of esters is 1. The van der Waals surface area contributed by atoms with Gasteiger partial charge in [-0.1, -0.05) is 12.1 Å². The van der Waals surface area contributed by atoms with Gasteiger partial charge in [0.15, 0.2) is 6.61 Å². The van der Waals surface area contributed by atoms with Crippen LogP contribution in [0.2, 0.25) is 0 Å². The summed E-state index contributed by atoms with van der Waals surface area (Å²) in [5, 5.41) is 6.55. The van der Waals surface area contributed by atoms with E-state index in [1.54, 1.807) is 62.6 Å². The van der Waals surface area contributed by atoms with Crippen molar-refractivity contribution in [3.8, 4) is 11.5 Å². The van der Waals surface area contributed by atoms with Gasteiger partial charge in [0, 0.05) is 18.5 Å². The molecule has 0 aliphatic heterocycles. The first kappa shape index (κ1) is 23.4. The molecule has 2 amide bonds. The molecule has 9 heteroatoms. The number of ether oxygens (including phenoxy) is 3. The molecule has 0 aliphatic rings. The molecule has 9 nitrogen and oxygen atoms in total. The fourth-order valence-electron chi connectivity index (χ4n) is 2.40. The Balaban J connectivity index is 1.72. The number of amides is 2. The molecule has 0 spiro atoms. The highest BCUT2D eigenvalue weighted by molar-refractivity contribution is 5.94. The minimum atomic E-state index is -0.451. The minimum Gasteiger partial charge on any atom is -0.497 e. The zero-order valence-electron chi connectivity index (χ0n) is 17.4. The summed E-state index contributed by atoms with van der Waals surface area (Å²) in [5.74, 6) is 0.0574. The average Bonchev–Trinajstić information content (AvgIpc) is 2.78. The number of hydrogen-bond acceptors (Lipinski definition) is 7. The first-order valence-corrected chi connectivity index (χ1v) is 9.64. The van der Waals surface area contributed by atoms with Crippen molar-refractivity contribution in [2.45, 2.75) is 13.3 Å². The van der Waals surface area contributed by atoms with Crippen LogP contribution in [0.4, 0.5) is 0 Å². The number of hydrazone groups is 1. The van der Waals surface area contributed by atoms with Gasteiger partial charge in [-0.2, -0.15) is 5.10 Å². The van der Waals surface area contributed by atoms with Gasteiger partial charge in [0.2, 0.25) is 5.91 Å². The molecule has 0 bridgehead atoms. The molecule has 0 heterocycles. The summed E-state index contributed by atoms with van der Waals surface area (Å²) >= 11 is 0. The van der Waals surface area contributed by atoms with Gasteiger partial charge in [-0.3, -0.25) is 9.59 Å². The van der Waals surface area contributed by atoms with Gasteiger partial charge in [0.25, 0.3) is 5.91 Å². The van der Waals surface area contributed by atoms with Crippen molar-refractivity contribution < 1.29 is 28.6 Å². The van der Waals surface area contributed by atoms with Crippen LogP contribution in [-0.2, 0) is 14.3 Å². The third-order valence-corrected chi connectivity index (χ3v) is 3.91. The fraction of sp³-hybridized carbons (Fsp3) is 0.273. The Hall–Kier alpha value is -3.88. The highest BCUT2D eigenvalue weighted by Gasteiger charge is 2.07. The third kappa shape index (κ3) is 8.57. The van der Waals surface area contributed by atoms with Crippen LogP contribution in [-0.4, -0.2) is 50.9 Å². The van der Waals surface area contributed by atoms with E-state index in [0.717, 1.165) is 0 Å². The number of nitrogens with zero attached hydrogens (tertiary/aromatic N) is 1. The summed E-state index contributed by atoms with van der Waals surface area (Å²) in [6.45, 7) is 1.99. The lowest BCUT2D eigenvalue weighted by Crippen LogP contribution is -2.29. The highest BCUT2D eigenvalue weighted by Crippen LogP contribution is 2.12. The van der Waals surface area contributed by atoms with E-state index in [-0.39, 0.29) is 31.4 Å². The Kier molecular flexibility index (Phi) is 9.54. The number of benzene rings is 2. The second-order valence-electron chi connectivity index (χ2n) is 6.19. The molecule has 31 heavy (non-hydrogen) atoms. The maximum Gasteiger partial charge on any atom is 0.344 e. The lowest BCUT2D eigenvalue weighted by atomic mass is 10.2. The molecule has 2 rings (SSSR count). The number of methoxy groups -OCH3 is 1. The number of rotatable bonds is 11. The van der Waals surface area contributed by atoms with Crippen molar-refractivity contribution in [2.75, 3.05) is 26.9 Å². The smallest absolute Gasteiger partial charge is 0.344 e. The van der Waals surface area contributed by atoms with Gasteiger partial charge in [0.1, 0.15) is 11.5 Å². The Bertz CT molecular complexity index is 912. The summed E-state index contributed by atoms with van der Waals surface area (Å²) in [5.41, 5.74) is 3.55. The monoisotopic (exact) mass is 427 g/mol. The third-order valence-electron chi connectivity index (χ3n) is 3.91. The van der Waals surface area contributed by atoms with Crippen LogP contribution in [0.25, 0.3) is 0 Å². The summed E-state index contributed by atoms with van der Waals surface area (Å²) in [6.07, 6.45) is 1.52. The molecule has 0 radical (unpaired) electrons. The van der Waals surface area contributed by atoms with Crippen LogP contribution < -0.4 is 20.2 Å². The Morgan fingerprint density at radius 2 is 1.84 bits per heavy atom. The Morgan fingerprint density at radius 1 is 1.06 bits per heavy atom. The van der Waals surface area contributed by atoms with E-state index in [2.05, 4.69) is 15.8 Å². The normalized spacial score (nSPS) is 10.4. The minimum absolute atomic E-state index is 0.0714. The lowest BCUT2D eigenvalue weighted by Gasteiger charge is -2.06. The topological polar surface area (TPSA) is 115 Å². The van der Waals surface area contributed by atoms with Gasteiger partial charge in [-0.15, -0.1) is 0 Å². The van der Waals surface area contributed by atoms with Crippen molar-refractivity contribution in [2.24, 2.45) is 5.10 Å². The molecular formula is C22H25N3O6. The van der Waals surface area contributed by atoms with E-state index in [0.29, 0.717) is 29.2 Å². The predicted molar refractivity (Wildman–Crippen MR) is 114 cm³/mol. The standard InChI is InChI=1S/C22H25N3O6/c1-3-30-21(27)15-31-19-6-4-5-16(13-19)14-24-25-20(26)11-12-23-22(28)17-7-9-18(29-2)10-8-17/h4-10,13-14H,3,11-12,15H2,1-2H3,(H,23,28)(H,25,26). The molecule has 0 aliphatic carbocycles. The quantitative estimate of drug-likeness (QED) is 0.322. The number of carbonyl (C=O) groups excluding carboxylic acids is 3. The Labute approximate surface area is 180 Å². The van der Waals surface area contributed by atoms with Crippen molar-refractivity contribution in [3.63, 3.8) is 0 Å². The van der Waals surface area contributed by atoms with E-state index in [4.69, 9.17) is 14.2 Å². The average molecular weight is 427 g/mol. The van der Waals surface area contributed by atoms with Gasteiger partial charge < -0.3 is 19.5 Å². The predicted octanol–water partition coefficient (Wildman–Crippen LogP) is 1.91. The van der Waals surface area contributed by atoms with E-state index in [1.807, 2.05) is 0 Å². The second kappa shape index (κ2) is 12.6. The molecule has 0 aromatic heterocycles. The molecule has 2 aromatic rings. The van der Waals surface area contributed by atoms with Gasteiger partial charge >= 0.3 is 5.97 Å². The Morgan fingerprint density at radius 3 is 2.55 bits per heavy atom. The second-order valence-corrected chi connectivity index (χ2v) is 6.19. The molecule has 2 aromatic carbocycles. The van der Waals surface area contributed by atoms with E-state index >= 15 is 0 Å². The van der Waals surface area contributed by atoms with Crippen LogP contribution in [0.1, 0.15) is 29.3 Å². The molecule has 164 valence electrons. The SMILES string of the molecule is CCOC(=O)COc1cccc(C=NNC(=O)CCNC(=O)c2ccc(OC)cc2)c1. The maximum atomic E-state index is 12.0. The van der Waals surface area contributed by atoms with Gasteiger partial charge in [0.05, 0.1) is 19.9 Å². The highest BCUT2D eigenvalue weighted by atomic mass is 16.6. The van der Waals surface area contributed by atoms with Crippen LogP contribution >= 0.6 is 0 Å². The van der Waals surface area contributed by atoms with Crippen molar-refractivity contribution in [3.05, 3.63) is 59.7 Å². The van der Waals surface area contributed by atoms with Gasteiger partial charge in [-0.05, 0) is 48.9 Å². The largest absolute Gasteiger partial charge is 0.497 e. The van der Waals surface area contributed by atoms with E-state index < -0.39 is 5.97 Å². The number of hydrogen-bond donors (Lipinski definition) is 2. The van der Waals surface area contributed by atoms with Crippen LogP contribution in [0.15, 0.2) is 53.6 Å². The molecular weight excluding hydrogens is 402 g/mol. The van der Waals surface area contributed by atoms with Crippen molar-refractivity contribution in [1.82, 2.24) is 10.7 Å². The maximum absolute atomic E-state index is 12.0. The molecule has 0 saturated heterocycles. The van der Waals surface area contributed by atoms with Crippen molar-refractivity contribution in [1.29, 1.82) is 0 Å². The first-order valence-electron chi connectivity index (χ1n) is 9.64. The summed E-state index contributed by atoms with van der Waals surface area (Å²) in [4.78, 5) is 35.2. The molecule has 2 N–H and O–H groups in total. The number of carbonyl (C=O) groups is 3. The first-order chi connectivity index (χ1) is 15.0. The van der Waals surface area contributed by atoms with Gasteiger partial charge in [-0.25, -0.2) is 10.2 Å². The van der Waals surface area contributed by atoms with Crippen molar-refractivity contribution >= 4 is 24.0 Å². The van der Waals surface area contributed by atoms with Crippen LogP contribution in [0.3, 0.4) is 0 Å². The molecule has 0 fully saturated rings. The summed E-state index contributed by atoms with van der Waals surface area (Å²) < 4.78 is 15.2. The summed E-state index contributed by atoms with van der Waals surface area (Å²) in [7, 11) is 1.55. The fourth-order valence-corrected chi connectivity index (χ4v) is 2.40. The lowest BCUT2D eigenvalue weighted by molar-refractivity contribution is -0.145. The molecule has 0 atom stereocenters. The van der Waals surface area contributed by atoms with Crippen LogP contribution in [0.5, 0.6) is 11.5 Å².